The predicted molar refractivity (Wildman–Crippen MR) is 193 cm³/mol. The van der Waals surface area contributed by atoms with E-state index in [4.69, 9.17) is 41.2 Å². The summed E-state index contributed by atoms with van der Waals surface area (Å²) in [6, 6.07) is 9.97. The van der Waals surface area contributed by atoms with Gasteiger partial charge in [0.1, 0.15) is 42.2 Å². The van der Waals surface area contributed by atoms with Gasteiger partial charge in [-0.2, -0.15) is 0 Å². The van der Waals surface area contributed by atoms with Gasteiger partial charge < -0.3 is 72.1 Å². The maximum atomic E-state index is 13.9. The molecule has 0 aliphatic carbocycles. The van der Waals surface area contributed by atoms with Gasteiger partial charge in [-0.05, 0) is 67.2 Å². The summed E-state index contributed by atoms with van der Waals surface area (Å²) in [4.78, 5) is 26.4. The van der Waals surface area contributed by atoms with E-state index in [-0.39, 0.29) is 29.5 Å². The van der Waals surface area contributed by atoms with Crippen LogP contribution in [0, 0.1) is 10.8 Å². The van der Waals surface area contributed by atoms with Crippen molar-refractivity contribution >= 4 is 29.8 Å². The molecule has 0 radical (unpaired) electrons. The van der Waals surface area contributed by atoms with Crippen molar-refractivity contribution < 1.29 is 49.0 Å². The number of benzene rings is 2. The summed E-state index contributed by atoms with van der Waals surface area (Å²) in [5.41, 5.74) is 12.4. The third-order valence-corrected chi connectivity index (χ3v) is 8.66. The molecule has 2 aliphatic heterocycles. The summed E-state index contributed by atoms with van der Waals surface area (Å²) < 4.78 is 23.3. The van der Waals surface area contributed by atoms with E-state index < -0.39 is 49.3 Å². The number of hydrogen-bond acceptors (Lipinski definition) is 12. The van der Waals surface area contributed by atoms with Gasteiger partial charge in [0.05, 0.1) is 13.7 Å². The molecular weight excluding hydrogens is 692 g/mol. The van der Waals surface area contributed by atoms with Crippen LogP contribution >= 0.6 is 0 Å². The predicted octanol–water partition coefficient (Wildman–Crippen LogP) is -1.14. The van der Waals surface area contributed by atoms with Crippen LogP contribution in [-0.4, -0.2) is 115 Å². The number of carbonyl (C=O) groups excluding carboxylic acids is 2. The highest BCUT2D eigenvalue weighted by molar-refractivity contribution is 5.92. The molecule has 7 atom stereocenters. The Bertz CT molecular complexity index is 1590. The van der Waals surface area contributed by atoms with Gasteiger partial charge in [-0.3, -0.25) is 20.4 Å². The first kappa shape index (κ1) is 40.6. The number of rotatable bonds is 18. The molecule has 53 heavy (non-hydrogen) atoms. The fraction of sp³-hybridized carbons (Fsp3) is 0.486. The number of hydrogen-bond donors (Lipinski definition) is 12. The van der Waals surface area contributed by atoms with Crippen LogP contribution in [0.3, 0.4) is 0 Å². The first-order valence-electron chi connectivity index (χ1n) is 17.3. The maximum absolute atomic E-state index is 13.9. The normalized spacial score (nSPS) is 23.4. The van der Waals surface area contributed by atoms with Gasteiger partial charge in [-0.25, -0.2) is 0 Å². The Morgan fingerprint density at radius 3 is 2.06 bits per heavy atom. The van der Waals surface area contributed by atoms with Gasteiger partial charge in [0.25, 0.3) is 0 Å². The molecule has 14 N–H and O–H groups in total. The molecule has 290 valence electrons. The van der Waals surface area contributed by atoms with E-state index in [9.17, 15) is 30.0 Å². The average Bonchev–Trinajstić information content (AvgIpc) is 3.53. The summed E-state index contributed by atoms with van der Waals surface area (Å²) in [5.74, 6) is -0.718. The Balaban J connectivity index is 1.52. The Morgan fingerprint density at radius 2 is 1.47 bits per heavy atom. The number of methoxy groups -OCH3 is 1. The fourth-order valence-corrected chi connectivity index (χ4v) is 5.89. The first-order chi connectivity index (χ1) is 25.4. The standard InChI is InChI=1S/C35H50N8O10/c1-50-23-17-19(6-11-25(45)40-12-2-4-14-42-34(36)37)16-22-26(32(49)41-13-3-5-15-43-35(38)39)30(53-31(22)23)20-7-9-21(10-8-20)51-33-29(48)28(47)27(46)24(18-44)52-33/h6-11,16-17,24,26-30,33,44,46-48H,2-5,12-15,18H2,1H3,(H,40,45)(H,41,49)(H4,36,37,42)(H4,38,39,43). The number of fused-ring (bicyclic) bond motifs is 1. The molecule has 7 unspecified atom stereocenters. The van der Waals surface area contributed by atoms with Crippen molar-refractivity contribution in [2.75, 3.05) is 39.9 Å². The zero-order valence-electron chi connectivity index (χ0n) is 29.4. The third kappa shape index (κ3) is 11.2. The van der Waals surface area contributed by atoms with E-state index in [1.165, 1.54) is 13.2 Å². The topological polar surface area (TPSA) is 300 Å². The van der Waals surface area contributed by atoms with E-state index in [1.54, 1.807) is 42.5 Å². The number of aliphatic hydroxyl groups is 4. The van der Waals surface area contributed by atoms with E-state index in [1.807, 2.05) is 0 Å². The number of amides is 2. The molecule has 0 aromatic heterocycles. The molecule has 1 saturated heterocycles. The monoisotopic (exact) mass is 742 g/mol. The van der Waals surface area contributed by atoms with Crippen LogP contribution in [0.1, 0.15) is 54.4 Å². The Hall–Kier alpha value is -5.14. The third-order valence-electron chi connectivity index (χ3n) is 8.66. The van der Waals surface area contributed by atoms with Gasteiger partial charge in [0, 0.05) is 37.8 Å². The molecule has 2 aromatic rings. The number of aliphatic hydroxyl groups excluding tert-OH is 4. The van der Waals surface area contributed by atoms with Gasteiger partial charge in [0.15, 0.2) is 23.4 Å². The van der Waals surface area contributed by atoms with Crippen LogP contribution in [0.25, 0.3) is 6.08 Å². The van der Waals surface area contributed by atoms with Crippen LogP contribution in [0.15, 0.2) is 42.5 Å². The van der Waals surface area contributed by atoms with Gasteiger partial charge in [-0.15, -0.1) is 0 Å². The van der Waals surface area contributed by atoms with E-state index >= 15 is 0 Å². The van der Waals surface area contributed by atoms with Crippen molar-refractivity contribution in [2.24, 2.45) is 11.5 Å². The minimum atomic E-state index is -1.60. The second-order valence-electron chi connectivity index (χ2n) is 12.6. The Kier molecular flexibility index (Phi) is 15.0. The van der Waals surface area contributed by atoms with Crippen molar-refractivity contribution in [2.45, 2.75) is 68.4 Å². The SMILES string of the molecule is COc1cc(C=CC(=O)NCCCCNC(=N)N)cc2c1OC(c1ccc(OC3OC(CO)C(O)C(O)C3O)cc1)C2C(=O)NCCCCNC(=N)N. The summed E-state index contributed by atoms with van der Waals surface area (Å²) in [7, 11) is 1.47. The van der Waals surface area contributed by atoms with Crippen LogP contribution in [-0.2, 0) is 14.3 Å². The van der Waals surface area contributed by atoms with Crippen molar-refractivity contribution in [3.8, 4) is 17.2 Å². The van der Waals surface area contributed by atoms with Crippen molar-refractivity contribution in [3.05, 3.63) is 59.2 Å². The van der Waals surface area contributed by atoms with Crippen molar-refractivity contribution in [1.82, 2.24) is 21.3 Å². The highest BCUT2D eigenvalue weighted by atomic mass is 16.7. The first-order valence-corrected chi connectivity index (χ1v) is 17.3. The highest BCUT2D eigenvalue weighted by Gasteiger charge is 2.45. The lowest BCUT2D eigenvalue weighted by atomic mass is 9.89. The number of ether oxygens (including phenoxy) is 4. The van der Waals surface area contributed by atoms with Gasteiger partial charge >= 0.3 is 0 Å². The van der Waals surface area contributed by atoms with Crippen molar-refractivity contribution in [1.29, 1.82) is 10.8 Å². The largest absolute Gasteiger partial charge is 0.493 e. The summed E-state index contributed by atoms with van der Waals surface area (Å²) in [6.45, 7) is 1.21. The highest BCUT2D eigenvalue weighted by Crippen LogP contribution is 2.51. The maximum Gasteiger partial charge on any atom is 0.243 e. The van der Waals surface area contributed by atoms with Crippen LogP contribution in [0.4, 0.5) is 0 Å². The molecule has 2 heterocycles. The number of nitrogens with two attached hydrogens (primary N) is 2. The number of unbranched alkanes of at least 4 members (excludes halogenated alkanes) is 2. The number of nitrogens with one attached hydrogen (secondary N) is 6. The van der Waals surface area contributed by atoms with Gasteiger partial charge in [-0.1, -0.05) is 12.1 Å². The minimum absolute atomic E-state index is 0.102. The van der Waals surface area contributed by atoms with Crippen molar-refractivity contribution in [3.63, 3.8) is 0 Å². The van der Waals surface area contributed by atoms with E-state index in [2.05, 4.69) is 21.3 Å². The molecule has 4 rings (SSSR count). The van der Waals surface area contributed by atoms with E-state index in [0.717, 1.165) is 6.42 Å². The van der Waals surface area contributed by atoms with Crippen LogP contribution < -0.4 is 46.9 Å². The molecule has 0 spiro atoms. The Morgan fingerprint density at radius 1 is 0.868 bits per heavy atom. The quantitative estimate of drug-likeness (QED) is 0.0372. The van der Waals surface area contributed by atoms with Gasteiger partial charge in [0.2, 0.25) is 18.1 Å². The molecule has 1 fully saturated rings. The minimum Gasteiger partial charge on any atom is -0.493 e. The molecule has 2 aliphatic rings. The number of carbonyl (C=O) groups is 2. The number of guanidine groups is 2. The van der Waals surface area contributed by atoms with Crippen LogP contribution in [0.2, 0.25) is 0 Å². The second kappa shape index (κ2) is 19.6. The molecule has 18 nitrogen and oxygen atoms in total. The lowest BCUT2D eigenvalue weighted by Gasteiger charge is -2.39. The Labute approximate surface area is 306 Å². The molecule has 0 saturated carbocycles. The molecule has 0 bridgehead atoms. The second-order valence-corrected chi connectivity index (χ2v) is 12.6. The summed E-state index contributed by atoms with van der Waals surface area (Å²) in [5, 5.41) is 65.8. The van der Waals surface area contributed by atoms with Crippen LogP contribution in [0.5, 0.6) is 17.2 Å². The zero-order chi connectivity index (χ0) is 38.5. The molecule has 2 aromatic carbocycles. The van der Waals surface area contributed by atoms with E-state index in [0.29, 0.717) is 73.6 Å². The molecule has 18 heteroatoms. The average molecular weight is 743 g/mol. The zero-order valence-corrected chi connectivity index (χ0v) is 29.4. The molecule has 2 amide bonds. The summed E-state index contributed by atoms with van der Waals surface area (Å²) >= 11 is 0. The fourth-order valence-electron chi connectivity index (χ4n) is 5.89. The molecular formula is C35H50N8O10. The lowest BCUT2D eigenvalue weighted by molar-refractivity contribution is -0.277. The lowest BCUT2D eigenvalue weighted by Crippen LogP contribution is -2.60. The summed E-state index contributed by atoms with van der Waals surface area (Å²) in [6.07, 6.45) is -2.33. The smallest absolute Gasteiger partial charge is 0.243 e.